The van der Waals surface area contributed by atoms with E-state index in [1.165, 1.54) is 24.0 Å². The molecule has 0 aliphatic carbocycles. The maximum absolute atomic E-state index is 12.6. The predicted octanol–water partition coefficient (Wildman–Crippen LogP) is 3.85. The zero-order chi connectivity index (χ0) is 21.2. The lowest BCUT2D eigenvalue weighted by Gasteiger charge is -2.25. The van der Waals surface area contributed by atoms with E-state index < -0.39 is 0 Å². The van der Waals surface area contributed by atoms with Gasteiger partial charge >= 0.3 is 0 Å². The van der Waals surface area contributed by atoms with Crippen LogP contribution in [0, 0.1) is 0 Å². The van der Waals surface area contributed by atoms with E-state index in [4.69, 9.17) is 9.47 Å². The molecule has 1 heterocycles. The van der Waals surface area contributed by atoms with Crippen LogP contribution in [0.2, 0.25) is 0 Å². The summed E-state index contributed by atoms with van der Waals surface area (Å²) >= 11 is 0. The Hall–Kier alpha value is -2.53. The van der Waals surface area contributed by atoms with Crippen molar-refractivity contribution in [3.8, 4) is 11.5 Å². The molecular formula is C25H34N2O3. The second kappa shape index (κ2) is 11.6. The largest absolute Gasteiger partial charge is 0.497 e. The van der Waals surface area contributed by atoms with Gasteiger partial charge in [0, 0.05) is 19.0 Å². The Balaban J connectivity index is 1.50. The smallest absolute Gasteiger partial charge is 0.220 e. The van der Waals surface area contributed by atoms with Crippen molar-refractivity contribution in [3.05, 3.63) is 59.7 Å². The maximum atomic E-state index is 12.6. The summed E-state index contributed by atoms with van der Waals surface area (Å²) in [5.41, 5.74) is 2.45. The second-order valence-electron chi connectivity index (χ2n) is 8.03. The van der Waals surface area contributed by atoms with Gasteiger partial charge in [0.1, 0.15) is 11.5 Å². The lowest BCUT2D eigenvalue weighted by Crippen LogP contribution is -2.44. The predicted molar refractivity (Wildman–Crippen MR) is 120 cm³/mol. The summed E-state index contributed by atoms with van der Waals surface area (Å²) in [4.78, 5) is 15.1. The van der Waals surface area contributed by atoms with Crippen LogP contribution in [0.25, 0.3) is 0 Å². The summed E-state index contributed by atoms with van der Waals surface area (Å²) in [6, 6.07) is 16.3. The number of ether oxygens (including phenoxy) is 2. The minimum atomic E-state index is 0.130. The molecule has 3 rings (SSSR count). The standard InChI is InChI=1S/C25H34N2O3/c1-29-23-12-8-20(9-13-23)6-5-7-25(28)26-22(19-27-16-3-4-17-27)18-21-10-14-24(30-2)15-11-21/h8-15,22H,3-7,16-19H2,1-2H3,(H,26,28). The Morgan fingerprint density at radius 1 is 0.933 bits per heavy atom. The molecule has 1 saturated heterocycles. The average Bonchev–Trinajstić information content (AvgIpc) is 3.28. The zero-order valence-electron chi connectivity index (χ0n) is 18.2. The number of methoxy groups -OCH3 is 2. The van der Waals surface area contributed by atoms with Gasteiger partial charge in [-0.3, -0.25) is 4.79 Å². The highest BCUT2D eigenvalue weighted by atomic mass is 16.5. The van der Waals surface area contributed by atoms with E-state index >= 15 is 0 Å². The van der Waals surface area contributed by atoms with Gasteiger partial charge in [0.2, 0.25) is 5.91 Å². The van der Waals surface area contributed by atoms with Gasteiger partial charge in [0.05, 0.1) is 14.2 Å². The van der Waals surface area contributed by atoms with E-state index in [1.54, 1.807) is 14.2 Å². The Kier molecular flexibility index (Phi) is 8.57. The van der Waals surface area contributed by atoms with Gasteiger partial charge in [-0.25, -0.2) is 0 Å². The molecule has 1 fully saturated rings. The highest BCUT2D eigenvalue weighted by Gasteiger charge is 2.19. The fourth-order valence-electron chi connectivity index (χ4n) is 4.03. The number of nitrogens with one attached hydrogen (secondary N) is 1. The number of amides is 1. The molecule has 0 radical (unpaired) electrons. The Labute approximate surface area is 180 Å². The molecule has 1 aliphatic heterocycles. The maximum Gasteiger partial charge on any atom is 0.220 e. The first-order valence-corrected chi connectivity index (χ1v) is 10.9. The number of benzene rings is 2. The van der Waals surface area contributed by atoms with Crippen molar-refractivity contribution in [2.75, 3.05) is 33.9 Å². The zero-order valence-corrected chi connectivity index (χ0v) is 18.2. The van der Waals surface area contributed by atoms with Gasteiger partial charge in [-0.1, -0.05) is 24.3 Å². The third-order valence-corrected chi connectivity index (χ3v) is 5.71. The summed E-state index contributed by atoms with van der Waals surface area (Å²) < 4.78 is 10.5. The molecule has 2 aromatic carbocycles. The number of carbonyl (C=O) groups excluding carboxylic acids is 1. The normalized spacial score (nSPS) is 15.0. The highest BCUT2D eigenvalue weighted by Crippen LogP contribution is 2.16. The molecule has 1 unspecified atom stereocenters. The molecule has 1 atom stereocenters. The number of nitrogens with zero attached hydrogens (tertiary/aromatic N) is 1. The van der Waals surface area contributed by atoms with Crippen molar-refractivity contribution in [2.45, 2.75) is 44.6 Å². The van der Waals surface area contributed by atoms with Crippen molar-refractivity contribution in [3.63, 3.8) is 0 Å². The topological polar surface area (TPSA) is 50.8 Å². The lowest BCUT2D eigenvalue weighted by molar-refractivity contribution is -0.122. The van der Waals surface area contributed by atoms with Gasteiger partial charge in [-0.2, -0.15) is 0 Å². The van der Waals surface area contributed by atoms with Crippen LogP contribution in [0.1, 0.15) is 36.8 Å². The molecular weight excluding hydrogens is 376 g/mol. The van der Waals surface area contributed by atoms with Crippen LogP contribution in [-0.2, 0) is 17.6 Å². The number of aryl methyl sites for hydroxylation is 1. The SMILES string of the molecule is COc1ccc(CCCC(=O)NC(Cc2ccc(OC)cc2)CN2CCCC2)cc1. The molecule has 1 aliphatic rings. The summed E-state index contributed by atoms with van der Waals surface area (Å²) in [5, 5.41) is 3.29. The van der Waals surface area contributed by atoms with E-state index in [9.17, 15) is 4.79 Å². The quantitative estimate of drug-likeness (QED) is 0.611. The van der Waals surface area contributed by atoms with Gasteiger partial charge < -0.3 is 19.7 Å². The molecule has 0 spiro atoms. The molecule has 30 heavy (non-hydrogen) atoms. The Bertz CT molecular complexity index is 768. The molecule has 0 aromatic heterocycles. The molecule has 162 valence electrons. The van der Waals surface area contributed by atoms with Gasteiger partial charge in [-0.05, 0) is 80.6 Å². The molecule has 0 saturated carbocycles. The Morgan fingerprint density at radius 3 is 2.07 bits per heavy atom. The van der Waals surface area contributed by atoms with Crippen molar-refractivity contribution in [1.29, 1.82) is 0 Å². The van der Waals surface area contributed by atoms with E-state index in [2.05, 4.69) is 34.5 Å². The van der Waals surface area contributed by atoms with Crippen LogP contribution in [0.15, 0.2) is 48.5 Å². The second-order valence-corrected chi connectivity index (χ2v) is 8.03. The third kappa shape index (κ3) is 7.06. The van der Waals surface area contributed by atoms with Crippen LogP contribution in [0.5, 0.6) is 11.5 Å². The molecule has 0 bridgehead atoms. The van der Waals surface area contributed by atoms with E-state index in [0.29, 0.717) is 6.42 Å². The van der Waals surface area contributed by atoms with Crippen molar-refractivity contribution in [1.82, 2.24) is 10.2 Å². The molecule has 5 nitrogen and oxygen atoms in total. The summed E-state index contributed by atoms with van der Waals surface area (Å²) in [6.07, 6.45) is 5.63. The van der Waals surface area contributed by atoms with E-state index in [-0.39, 0.29) is 11.9 Å². The van der Waals surface area contributed by atoms with Crippen LogP contribution in [0.4, 0.5) is 0 Å². The third-order valence-electron chi connectivity index (χ3n) is 5.71. The van der Waals surface area contributed by atoms with Gasteiger partial charge in [0.25, 0.3) is 0 Å². The van der Waals surface area contributed by atoms with Gasteiger partial charge in [-0.15, -0.1) is 0 Å². The number of carbonyl (C=O) groups is 1. The molecule has 5 heteroatoms. The average molecular weight is 411 g/mol. The van der Waals surface area contributed by atoms with Crippen LogP contribution < -0.4 is 14.8 Å². The summed E-state index contributed by atoms with van der Waals surface area (Å²) in [7, 11) is 3.35. The number of hydrogen-bond acceptors (Lipinski definition) is 4. The Morgan fingerprint density at radius 2 is 1.50 bits per heavy atom. The number of likely N-dealkylation sites (tertiary alicyclic amines) is 1. The minimum Gasteiger partial charge on any atom is -0.497 e. The monoisotopic (exact) mass is 410 g/mol. The van der Waals surface area contributed by atoms with E-state index in [0.717, 1.165) is 50.4 Å². The molecule has 1 N–H and O–H groups in total. The molecule has 2 aromatic rings. The number of rotatable bonds is 11. The van der Waals surface area contributed by atoms with E-state index in [1.807, 2.05) is 24.3 Å². The number of hydrogen-bond donors (Lipinski definition) is 1. The summed E-state index contributed by atoms with van der Waals surface area (Å²) in [5.74, 6) is 1.86. The summed E-state index contributed by atoms with van der Waals surface area (Å²) in [6.45, 7) is 3.18. The molecule has 1 amide bonds. The van der Waals surface area contributed by atoms with Crippen LogP contribution in [0.3, 0.4) is 0 Å². The fraction of sp³-hybridized carbons (Fsp3) is 0.480. The van der Waals surface area contributed by atoms with Crippen LogP contribution >= 0.6 is 0 Å². The first-order chi connectivity index (χ1) is 14.7. The fourth-order valence-corrected chi connectivity index (χ4v) is 4.03. The first kappa shape index (κ1) is 22.2. The van der Waals surface area contributed by atoms with Gasteiger partial charge in [0.15, 0.2) is 0 Å². The first-order valence-electron chi connectivity index (χ1n) is 10.9. The van der Waals surface area contributed by atoms with Crippen molar-refractivity contribution in [2.24, 2.45) is 0 Å². The minimum absolute atomic E-state index is 0.130. The van der Waals surface area contributed by atoms with Crippen molar-refractivity contribution >= 4 is 5.91 Å². The highest BCUT2D eigenvalue weighted by molar-refractivity contribution is 5.76. The van der Waals surface area contributed by atoms with Crippen molar-refractivity contribution < 1.29 is 14.3 Å². The lowest BCUT2D eigenvalue weighted by atomic mass is 10.0. The van der Waals surface area contributed by atoms with Crippen LogP contribution in [-0.4, -0.2) is 50.7 Å².